The van der Waals surface area contributed by atoms with Gasteiger partial charge in [0.15, 0.2) is 0 Å². The summed E-state index contributed by atoms with van der Waals surface area (Å²) in [5, 5.41) is 1.37. The molecule has 2 aromatic carbocycles. The van der Waals surface area contributed by atoms with Crippen molar-refractivity contribution in [2.75, 3.05) is 37.7 Å². The van der Waals surface area contributed by atoms with Crippen molar-refractivity contribution in [2.45, 2.75) is 31.6 Å². The first-order chi connectivity index (χ1) is 14.8. The van der Waals surface area contributed by atoms with Gasteiger partial charge < -0.3 is 14.6 Å². The van der Waals surface area contributed by atoms with Gasteiger partial charge in [-0.3, -0.25) is 0 Å². The van der Waals surface area contributed by atoms with Crippen LogP contribution in [0.2, 0.25) is 0 Å². The third kappa shape index (κ3) is 4.44. The molecule has 1 aliphatic heterocycles. The average Bonchev–Trinajstić information content (AvgIpc) is 3.16. The van der Waals surface area contributed by atoms with Gasteiger partial charge in [0.25, 0.3) is 0 Å². The van der Waals surface area contributed by atoms with E-state index in [-0.39, 0.29) is 0 Å². The summed E-state index contributed by atoms with van der Waals surface area (Å²) in [5.41, 5.74) is 5.55. The molecule has 0 saturated carbocycles. The van der Waals surface area contributed by atoms with E-state index < -0.39 is 0 Å². The molecule has 158 valence electrons. The van der Waals surface area contributed by atoms with Crippen LogP contribution in [0, 0.1) is 0 Å². The van der Waals surface area contributed by atoms with Crippen LogP contribution >= 0.6 is 27.7 Å². The van der Waals surface area contributed by atoms with E-state index in [0.717, 1.165) is 29.8 Å². The number of benzene rings is 2. The molecule has 1 atom stereocenters. The van der Waals surface area contributed by atoms with Crippen LogP contribution in [0.3, 0.4) is 0 Å². The van der Waals surface area contributed by atoms with Gasteiger partial charge in [0.05, 0.1) is 6.61 Å². The first-order valence-electron chi connectivity index (χ1n) is 11.1. The predicted molar refractivity (Wildman–Crippen MR) is 131 cm³/mol. The lowest BCUT2D eigenvalue weighted by Crippen LogP contribution is -2.33. The third-order valence-electron chi connectivity index (χ3n) is 6.44. The highest BCUT2D eigenvalue weighted by Gasteiger charge is 2.25. The van der Waals surface area contributed by atoms with Gasteiger partial charge in [-0.25, -0.2) is 0 Å². The minimum Gasteiger partial charge on any atom is -0.494 e. The maximum atomic E-state index is 6.03. The fourth-order valence-corrected chi connectivity index (χ4v) is 6.21. The molecule has 30 heavy (non-hydrogen) atoms. The number of nitrogens with one attached hydrogen (secondary N) is 1. The molecule has 5 heteroatoms. The Labute approximate surface area is 191 Å². The molecule has 1 N–H and O–H groups in total. The fourth-order valence-electron chi connectivity index (χ4n) is 4.87. The van der Waals surface area contributed by atoms with Gasteiger partial charge in [-0.2, -0.15) is 11.8 Å². The molecule has 2 aliphatic rings. The highest BCUT2D eigenvalue weighted by Crippen LogP contribution is 2.40. The van der Waals surface area contributed by atoms with Crippen molar-refractivity contribution in [2.24, 2.45) is 0 Å². The van der Waals surface area contributed by atoms with Crippen molar-refractivity contribution in [1.82, 2.24) is 9.88 Å². The van der Waals surface area contributed by atoms with Gasteiger partial charge in [-0.15, -0.1) is 0 Å². The molecular weight excluding hydrogens is 456 g/mol. The molecule has 1 aliphatic carbocycles. The third-order valence-corrected chi connectivity index (χ3v) is 7.88. The van der Waals surface area contributed by atoms with Crippen LogP contribution < -0.4 is 4.74 Å². The van der Waals surface area contributed by atoms with Crippen LogP contribution in [0.15, 0.2) is 46.9 Å². The number of nitrogens with zero attached hydrogens (tertiary/aromatic N) is 1. The summed E-state index contributed by atoms with van der Waals surface area (Å²) < 4.78 is 7.18. The van der Waals surface area contributed by atoms with Gasteiger partial charge >= 0.3 is 0 Å². The Balaban J connectivity index is 1.23. The number of rotatable bonds is 6. The smallest absolute Gasteiger partial charge is 0.119 e. The number of aromatic amines is 1. The van der Waals surface area contributed by atoms with Gasteiger partial charge in [-0.1, -0.05) is 28.1 Å². The standard InChI is InChI=1S/C25H29BrN2OS/c26-19-7-10-24-23(17-19)22-4-1-3-21(25(22)27-24)18-5-8-20(9-6-18)29-14-2-11-28-12-15-30-16-13-28/h5-10,17,21,27H,1-4,11-16H2. The highest BCUT2D eigenvalue weighted by atomic mass is 79.9. The second-order valence-corrected chi connectivity index (χ2v) is 10.5. The normalized spacial score (nSPS) is 19.7. The van der Waals surface area contributed by atoms with E-state index in [9.17, 15) is 0 Å². The molecule has 0 bridgehead atoms. The monoisotopic (exact) mass is 484 g/mol. The number of aromatic nitrogens is 1. The molecule has 3 aromatic rings. The lowest BCUT2D eigenvalue weighted by Gasteiger charge is -2.26. The number of hydrogen-bond donors (Lipinski definition) is 1. The molecule has 1 saturated heterocycles. The Hall–Kier alpha value is -1.43. The van der Waals surface area contributed by atoms with E-state index in [0.29, 0.717) is 5.92 Å². The van der Waals surface area contributed by atoms with Crippen molar-refractivity contribution in [3.63, 3.8) is 0 Å². The Morgan fingerprint density at radius 3 is 2.77 bits per heavy atom. The molecule has 0 amide bonds. The zero-order chi connectivity index (χ0) is 20.3. The van der Waals surface area contributed by atoms with Gasteiger partial charge in [0.2, 0.25) is 0 Å². The van der Waals surface area contributed by atoms with Gasteiger partial charge in [0, 0.05) is 58.1 Å². The Morgan fingerprint density at radius 1 is 1.10 bits per heavy atom. The van der Waals surface area contributed by atoms with Crippen molar-refractivity contribution in [3.8, 4) is 5.75 Å². The van der Waals surface area contributed by atoms with Gasteiger partial charge in [0.1, 0.15) is 5.75 Å². The quantitative estimate of drug-likeness (QED) is 0.421. The number of fused-ring (bicyclic) bond motifs is 3. The maximum Gasteiger partial charge on any atom is 0.119 e. The Bertz CT molecular complexity index is 994. The van der Waals surface area contributed by atoms with Crippen LogP contribution in [0.25, 0.3) is 10.9 Å². The summed E-state index contributed by atoms with van der Waals surface area (Å²) in [6.07, 6.45) is 4.71. The highest BCUT2D eigenvalue weighted by molar-refractivity contribution is 9.10. The van der Waals surface area contributed by atoms with E-state index >= 15 is 0 Å². The summed E-state index contributed by atoms with van der Waals surface area (Å²) in [4.78, 5) is 6.28. The lowest BCUT2D eigenvalue weighted by atomic mass is 9.82. The molecule has 5 rings (SSSR count). The number of aryl methyl sites for hydroxylation is 1. The van der Waals surface area contributed by atoms with Crippen LogP contribution in [0.1, 0.15) is 42.0 Å². The molecule has 0 spiro atoms. The first kappa shape index (κ1) is 20.5. The van der Waals surface area contributed by atoms with Crippen LogP contribution in [-0.2, 0) is 6.42 Å². The lowest BCUT2D eigenvalue weighted by molar-refractivity contribution is 0.248. The number of thioether (sulfide) groups is 1. The molecular formula is C25H29BrN2OS. The first-order valence-corrected chi connectivity index (χ1v) is 13.1. The van der Waals surface area contributed by atoms with Crippen LogP contribution in [-0.4, -0.2) is 47.6 Å². The van der Waals surface area contributed by atoms with E-state index in [4.69, 9.17) is 4.74 Å². The molecule has 2 heterocycles. The second kappa shape index (κ2) is 9.37. The van der Waals surface area contributed by atoms with Crippen molar-refractivity contribution < 1.29 is 4.74 Å². The SMILES string of the molecule is Brc1ccc2[nH]c3c(c2c1)CCCC3c1ccc(OCCCN2CCSCC2)cc1. The van der Waals surface area contributed by atoms with Gasteiger partial charge in [-0.05, 0) is 67.1 Å². The Morgan fingerprint density at radius 2 is 1.93 bits per heavy atom. The largest absolute Gasteiger partial charge is 0.494 e. The summed E-state index contributed by atoms with van der Waals surface area (Å²) in [5.74, 6) is 3.99. The summed E-state index contributed by atoms with van der Waals surface area (Å²) >= 11 is 5.70. The van der Waals surface area contributed by atoms with E-state index in [1.54, 1.807) is 0 Å². The molecule has 1 unspecified atom stereocenters. The van der Waals surface area contributed by atoms with E-state index in [1.165, 1.54) is 71.6 Å². The number of halogens is 1. The average molecular weight is 485 g/mol. The van der Waals surface area contributed by atoms with Crippen LogP contribution in [0.5, 0.6) is 5.75 Å². The van der Waals surface area contributed by atoms with Crippen molar-refractivity contribution in [1.29, 1.82) is 0 Å². The van der Waals surface area contributed by atoms with Crippen molar-refractivity contribution in [3.05, 3.63) is 63.8 Å². The molecule has 3 nitrogen and oxygen atoms in total. The fraction of sp³-hybridized carbons (Fsp3) is 0.440. The van der Waals surface area contributed by atoms with Crippen molar-refractivity contribution >= 4 is 38.6 Å². The second-order valence-electron chi connectivity index (χ2n) is 8.38. The van der Waals surface area contributed by atoms with Crippen LogP contribution in [0.4, 0.5) is 0 Å². The summed E-state index contributed by atoms with van der Waals surface area (Å²) in [6.45, 7) is 4.41. The zero-order valence-corrected chi connectivity index (χ0v) is 19.7. The summed E-state index contributed by atoms with van der Waals surface area (Å²) in [6, 6.07) is 15.4. The molecule has 0 radical (unpaired) electrons. The number of H-pyrrole nitrogens is 1. The molecule has 1 aromatic heterocycles. The number of hydrogen-bond acceptors (Lipinski definition) is 3. The predicted octanol–water partition coefficient (Wildman–Crippen LogP) is 6.22. The summed E-state index contributed by atoms with van der Waals surface area (Å²) in [7, 11) is 0. The number of ether oxygens (including phenoxy) is 1. The molecule has 1 fully saturated rings. The maximum absolute atomic E-state index is 6.03. The minimum atomic E-state index is 0.450. The van der Waals surface area contributed by atoms with E-state index in [2.05, 4.69) is 80.0 Å². The minimum absolute atomic E-state index is 0.450. The topological polar surface area (TPSA) is 28.3 Å². The van der Waals surface area contributed by atoms with E-state index in [1.807, 2.05) is 0 Å². The zero-order valence-electron chi connectivity index (χ0n) is 17.3. The Kier molecular flexibility index (Phi) is 6.40.